The summed E-state index contributed by atoms with van der Waals surface area (Å²) >= 11 is 0. The van der Waals surface area contributed by atoms with E-state index in [1.165, 1.54) is 10.5 Å². The zero-order valence-electron chi connectivity index (χ0n) is 12.4. The summed E-state index contributed by atoms with van der Waals surface area (Å²) in [5, 5.41) is 16.9. The number of rotatable bonds is 2. The van der Waals surface area contributed by atoms with E-state index < -0.39 is 11.6 Å². The topological polar surface area (TPSA) is 113 Å². The van der Waals surface area contributed by atoms with Gasteiger partial charge < -0.3 is 10.8 Å². The Kier molecular flexibility index (Phi) is 2.89. The minimum Gasteiger partial charge on any atom is -0.507 e. The van der Waals surface area contributed by atoms with Crippen LogP contribution in [0.4, 0.5) is 0 Å². The molecule has 2 aromatic carbocycles. The van der Waals surface area contributed by atoms with Crippen LogP contribution >= 0.6 is 0 Å². The number of fused-ring (bicyclic) bond motifs is 3. The van der Waals surface area contributed by atoms with Crippen LogP contribution in [0.5, 0.6) is 5.75 Å². The highest BCUT2D eigenvalue weighted by molar-refractivity contribution is 6.01. The number of nitrogens with one attached hydrogen (secondary N) is 1. The molecule has 0 unspecified atom stereocenters. The number of hydrogen-bond donors (Lipinski definition) is 3. The van der Waals surface area contributed by atoms with Gasteiger partial charge in [0.25, 0.3) is 0 Å². The summed E-state index contributed by atoms with van der Waals surface area (Å²) in [5.41, 5.74) is 7.57. The summed E-state index contributed by atoms with van der Waals surface area (Å²) in [6.07, 6.45) is 0. The van der Waals surface area contributed by atoms with E-state index in [0.717, 1.165) is 0 Å². The monoisotopic (exact) mass is 320 g/mol. The lowest BCUT2D eigenvalue weighted by Crippen LogP contribution is -2.12. The molecule has 2 aromatic heterocycles. The van der Waals surface area contributed by atoms with Crippen LogP contribution < -0.4 is 11.4 Å². The maximum atomic E-state index is 12.0. The Morgan fingerprint density at radius 2 is 1.96 bits per heavy atom. The van der Waals surface area contributed by atoms with Gasteiger partial charge in [0.2, 0.25) is 5.91 Å². The number of nitrogens with two attached hydrogens (primary N) is 1. The summed E-state index contributed by atoms with van der Waals surface area (Å²) in [6, 6.07) is 13.5. The molecule has 24 heavy (non-hydrogen) atoms. The molecule has 0 radical (unpaired) electrons. The first kappa shape index (κ1) is 14.0. The molecular weight excluding hydrogens is 308 g/mol. The van der Waals surface area contributed by atoms with Crippen LogP contribution in [0.2, 0.25) is 0 Å². The van der Waals surface area contributed by atoms with Gasteiger partial charge in [-0.25, -0.2) is 14.3 Å². The fourth-order valence-electron chi connectivity index (χ4n) is 2.89. The van der Waals surface area contributed by atoms with Crippen molar-refractivity contribution in [2.45, 2.75) is 0 Å². The lowest BCUT2D eigenvalue weighted by Gasteiger charge is -2.09. The van der Waals surface area contributed by atoms with Crippen molar-refractivity contribution >= 4 is 22.5 Å². The molecule has 7 heteroatoms. The molecule has 4 rings (SSSR count). The van der Waals surface area contributed by atoms with Gasteiger partial charge in [0, 0.05) is 17.0 Å². The lowest BCUT2D eigenvalue weighted by molar-refractivity contribution is 0.100. The van der Waals surface area contributed by atoms with Gasteiger partial charge in [-0.2, -0.15) is 5.10 Å². The van der Waals surface area contributed by atoms with Crippen molar-refractivity contribution in [1.82, 2.24) is 14.6 Å². The standard InChI is InChI=1S/C17H12N4O3/c18-16(23)11-4-2-1-3-10(11)9-5-6-12-13(7-9)21-15(8-14(12)22)19-20-17(21)24/h1-8,22H,(H2,18,23)(H,20,24). The normalized spacial score (nSPS) is 11.2. The molecule has 0 aliphatic heterocycles. The molecule has 4 N–H and O–H groups in total. The number of aromatic hydroxyl groups is 1. The fraction of sp³-hybridized carbons (Fsp3) is 0. The minimum atomic E-state index is -0.535. The van der Waals surface area contributed by atoms with E-state index in [1.807, 2.05) is 0 Å². The van der Waals surface area contributed by atoms with Crippen molar-refractivity contribution in [3.05, 3.63) is 64.6 Å². The van der Waals surface area contributed by atoms with Crippen LogP contribution in [-0.4, -0.2) is 25.6 Å². The number of carbonyl (C=O) groups excluding carboxylic acids is 1. The van der Waals surface area contributed by atoms with Crippen LogP contribution in [0, 0.1) is 0 Å². The molecule has 0 aliphatic carbocycles. The third-order valence-corrected chi connectivity index (χ3v) is 3.98. The number of hydrogen-bond acceptors (Lipinski definition) is 4. The molecule has 0 aliphatic rings. The van der Waals surface area contributed by atoms with E-state index >= 15 is 0 Å². The molecule has 0 fully saturated rings. The fourth-order valence-corrected chi connectivity index (χ4v) is 2.89. The van der Waals surface area contributed by atoms with Crippen molar-refractivity contribution in [3.8, 4) is 16.9 Å². The quantitative estimate of drug-likeness (QED) is 0.521. The van der Waals surface area contributed by atoms with Gasteiger partial charge in [-0.05, 0) is 29.3 Å². The number of primary amides is 1. The second-order valence-corrected chi connectivity index (χ2v) is 5.39. The number of aromatic amines is 1. The van der Waals surface area contributed by atoms with Crippen molar-refractivity contribution < 1.29 is 9.90 Å². The summed E-state index contributed by atoms with van der Waals surface area (Å²) in [4.78, 5) is 23.7. The zero-order valence-corrected chi connectivity index (χ0v) is 12.4. The Hall–Kier alpha value is -3.61. The average Bonchev–Trinajstić information content (AvgIpc) is 2.95. The summed E-state index contributed by atoms with van der Waals surface area (Å²) in [7, 11) is 0. The first-order valence-corrected chi connectivity index (χ1v) is 7.18. The molecule has 0 atom stereocenters. The largest absolute Gasteiger partial charge is 0.507 e. The molecular formula is C17H12N4O3. The Balaban J connectivity index is 2.10. The Morgan fingerprint density at radius 1 is 1.17 bits per heavy atom. The maximum absolute atomic E-state index is 12.0. The van der Waals surface area contributed by atoms with Crippen molar-refractivity contribution in [3.63, 3.8) is 0 Å². The summed E-state index contributed by atoms with van der Waals surface area (Å²) in [5.74, 6) is -0.515. The zero-order chi connectivity index (χ0) is 16.8. The van der Waals surface area contributed by atoms with E-state index in [2.05, 4.69) is 10.2 Å². The smallest absolute Gasteiger partial charge is 0.348 e. The number of amides is 1. The van der Waals surface area contributed by atoms with Crippen molar-refractivity contribution in [2.24, 2.45) is 5.73 Å². The molecule has 118 valence electrons. The number of aromatic nitrogens is 3. The first-order valence-electron chi connectivity index (χ1n) is 7.18. The third kappa shape index (κ3) is 1.95. The Morgan fingerprint density at radius 3 is 2.75 bits per heavy atom. The van der Waals surface area contributed by atoms with Crippen LogP contribution in [0.1, 0.15) is 10.4 Å². The number of H-pyrrole nitrogens is 1. The highest BCUT2D eigenvalue weighted by Crippen LogP contribution is 2.31. The van der Waals surface area contributed by atoms with Crippen LogP contribution in [0.3, 0.4) is 0 Å². The highest BCUT2D eigenvalue weighted by Gasteiger charge is 2.13. The van der Waals surface area contributed by atoms with E-state index in [0.29, 0.717) is 33.2 Å². The van der Waals surface area contributed by atoms with Crippen molar-refractivity contribution in [2.75, 3.05) is 0 Å². The molecule has 2 heterocycles. The minimum absolute atomic E-state index is 0.0197. The molecule has 0 spiro atoms. The van der Waals surface area contributed by atoms with E-state index in [9.17, 15) is 14.7 Å². The van der Waals surface area contributed by atoms with E-state index in [4.69, 9.17) is 5.73 Å². The van der Waals surface area contributed by atoms with Gasteiger partial charge >= 0.3 is 5.69 Å². The molecule has 1 amide bonds. The molecule has 0 saturated heterocycles. The van der Waals surface area contributed by atoms with E-state index in [-0.39, 0.29) is 5.75 Å². The molecule has 4 aromatic rings. The Bertz CT molecular complexity index is 1170. The van der Waals surface area contributed by atoms with Crippen LogP contribution in [0.25, 0.3) is 27.7 Å². The van der Waals surface area contributed by atoms with Crippen LogP contribution in [0.15, 0.2) is 53.3 Å². The summed E-state index contributed by atoms with van der Waals surface area (Å²) in [6.45, 7) is 0. The van der Waals surface area contributed by atoms with Gasteiger partial charge in [-0.3, -0.25) is 4.79 Å². The van der Waals surface area contributed by atoms with Crippen molar-refractivity contribution in [1.29, 1.82) is 0 Å². The van der Waals surface area contributed by atoms with E-state index in [1.54, 1.807) is 42.5 Å². The average molecular weight is 320 g/mol. The SMILES string of the molecule is NC(=O)c1ccccc1-c1ccc2c(O)cc3n[nH]c(=O)n3c2c1. The third-order valence-electron chi connectivity index (χ3n) is 3.98. The highest BCUT2D eigenvalue weighted by atomic mass is 16.3. The predicted molar refractivity (Wildman–Crippen MR) is 88.9 cm³/mol. The summed E-state index contributed by atoms with van der Waals surface area (Å²) < 4.78 is 1.37. The number of pyridine rings is 1. The van der Waals surface area contributed by atoms with Gasteiger partial charge in [0.15, 0.2) is 5.65 Å². The van der Waals surface area contributed by atoms with Gasteiger partial charge in [0.05, 0.1) is 5.52 Å². The van der Waals surface area contributed by atoms with Gasteiger partial charge in [-0.1, -0.05) is 24.3 Å². The second kappa shape index (κ2) is 4.95. The number of benzene rings is 2. The molecule has 0 bridgehead atoms. The van der Waals surface area contributed by atoms with Gasteiger partial charge in [-0.15, -0.1) is 0 Å². The Labute approximate surface area is 135 Å². The molecule has 0 saturated carbocycles. The maximum Gasteiger partial charge on any atom is 0.348 e. The van der Waals surface area contributed by atoms with Crippen LogP contribution in [-0.2, 0) is 0 Å². The first-order chi connectivity index (χ1) is 11.6. The molecule has 7 nitrogen and oxygen atoms in total. The number of carbonyl (C=O) groups is 1. The van der Waals surface area contributed by atoms with Gasteiger partial charge in [0.1, 0.15) is 5.75 Å². The number of nitrogens with zero attached hydrogens (tertiary/aromatic N) is 2. The predicted octanol–water partition coefficient (Wildman–Crippen LogP) is 1.65. The lowest BCUT2D eigenvalue weighted by atomic mass is 9.98. The second-order valence-electron chi connectivity index (χ2n) is 5.39.